The van der Waals surface area contributed by atoms with Gasteiger partial charge in [0.1, 0.15) is 18.0 Å². The minimum absolute atomic E-state index is 0.0183. The van der Waals surface area contributed by atoms with E-state index in [-0.39, 0.29) is 4.90 Å². The highest BCUT2D eigenvalue weighted by atomic mass is 32.2. The molecule has 1 N–H and O–H groups in total. The van der Waals surface area contributed by atoms with Crippen molar-refractivity contribution in [3.63, 3.8) is 0 Å². The van der Waals surface area contributed by atoms with Gasteiger partial charge < -0.3 is 4.90 Å². The van der Waals surface area contributed by atoms with E-state index < -0.39 is 15.8 Å². The van der Waals surface area contributed by atoms with Gasteiger partial charge in [0, 0.05) is 49.5 Å². The molecular formula is C25H29FN6O2S. The molecule has 1 aliphatic carbocycles. The lowest BCUT2D eigenvalue weighted by molar-refractivity contribution is 0.247. The molecule has 8 nitrogen and oxygen atoms in total. The first-order chi connectivity index (χ1) is 16.9. The van der Waals surface area contributed by atoms with E-state index >= 15 is 0 Å². The smallest absolute Gasteiger partial charge is 0.261 e. The molecule has 3 aromatic rings. The molecule has 0 unspecified atom stereocenters. The minimum atomic E-state index is -3.91. The first kappa shape index (κ1) is 23.6. The Labute approximate surface area is 205 Å². The number of piperazine rings is 1. The predicted octanol–water partition coefficient (Wildman–Crippen LogP) is 3.63. The SMILES string of the molecule is CCc1ncnc(N2CCN(C3CC3)CC2)c1-c1cnc(C)c(NS(=O)(=O)c2ccc(F)cc2)c1. The predicted molar refractivity (Wildman–Crippen MR) is 133 cm³/mol. The molecule has 1 saturated heterocycles. The van der Waals surface area contributed by atoms with Crippen molar-refractivity contribution in [3.05, 3.63) is 60.1 Å². The van der Waals surface area contributed by atoms with E-state index in [1.165, 1.54) is 25.0 Å². The first-order valence-electron chi connectivity index (χ1n) is 11.9. The third-order valence-electron chi connectivity index (χ3n) is 6.66. The number of hydrogen-bond donors (Lipinski definition) is 1. The van der Waals surface area contributed by atoms with E-state index in [0.29, 0.717) is 17.8 Å². The summed E-state index contributed by atoms with van der Waals surface area (Å²) in [6.45, 7) is 7.56. The molecule has 2 aromatic heterocycles. The van der Waals surface area contributed by atoms with E-state index in [1.54, 1.807) is 25.5 Å². The molecule has 1 aromatic carbocycles. The molecule has 0 radical (unpaired) electrons. The summed E-state index contributed by atoms with van der Waals surface area (Å²) in [6.07, 6.45) is 6.64. The Bertz CT molecular complexity index is 1320. The monoisotopic (exact) mass is 496 g/mol. The molecule has 184 valence electrons. The highest BCUT2D eigenvalue weighted by Crippen LogP contribution is 2.35. The fourth-order valence-corrected chi connectivity index (χ4v) is 5.65. The van der Waals surface area contributed by atoms with Crippen molar-refractivity contribution < 1.29 is 12.8 Å². The van der Waals surface area contributed by atoms with Gasteiger partial charge in [-0.2, -0.15) is 0 Å². The second-order valence-electron chi connectivity index (χ2n) is 9.04. The average molecular weight is 497 g/mol. The lowest BCUT2D eigenvalue weighted by Crippen LogP contribution is -2.47. The second-order valence-corrected chi connectivity index (χ2v) is 10.7. The fraction of sp³-hybridized carbons (Fsp3) is 0.400. The van der Waals surface area contributed by atoms with E-state index in [1.807, 2.05) is 6.92 Å². The molecule has 10 heteroatoms. The zero-order valence-corrected chi connectivity index (χ0v) is 20.7. The Kier molecular flexibility index (Phi) is 6.41. The summed E-state index contributed by atoms with van der Waals surface area (Å²) in [5, 5.41) is 0. The van der Waals surface area contributed by atoms with E-state index in [9.17, 15) is 12.8 Å². The van der Waals surface area contributed by atoms with Crippen molar-refractivity contribution in [2.45, 2.75) is 44.0 Å². The number of hydrogen-bond acceptors (Lipinski definition) is 7. The Hall–Kier alpha value is -3.11. The lowest BCUT2D eigenvalue weighted by Gasteiger charge is -2.36. The van der Waals surface area contributed by atoms with Gasteiger partial charge in [0.25, 0.3) is 10.0 Å². The number of nitrogens with one attached hydrogen (secondary N) is 1. The van der Waals surface area contributed by atoms with Gasteiger partial charge in [0.05, 0.1) is 22.0 Å². The maximum absolute atomic E-state index is 13.3. The normalized spacial score (nSPS) is 16.9. The van der Waals surface area contributed by atoms with Crippen molar-refractivity contribution >= 4 is 21.5 Å². The van der Waals surface area contributed by atoms with Gasteiger partial charge >= 0.3 is 0 Å². The number of nitrogens with zero attached hydrogens (tertiary/aromatic N) is 5. The number of aromatic nitrogens is 3. The summed E-state index contributed by atoms with van der Waals surface area (Å²) in [4.78, 5) is 18.5. The van der Waals surface area contributed by atoms with Crippen molar-refractivity contribution in [3.8, 4) is 11.1 Å². The van der Waals surface area contributed by atoms with E-state index in [4.69, 9.17) is 0 Å². The van der Waals surface area contributed by atoms with Gasteiger partial charge in [0.2, 0.25) is 0 Å². The molecule has 5 rings (SSSR count). The van der Waals surface area contributed by atoms with Crippen molar-refractivity contribution in [2.75, 3.05) is 35.8 Å². The summed E-state index contributed by atoms with van der Waals surface area (Å²) >= 11 is 0. The van der Waals surface area contributed by atoms with Crippen molar-refractivity contribution in [2.24, 2.45) is 0 Å². The molecule has 2 fully saturated rings. The topological polar surface area (TPSA) is 91.3 Å². The van der Waals surface area contributed by atoms with Crippen LogP contribution in [0.4, 0.5) is 15.9 Å². The van der Waals surface area contributed by atoms with Gasteiger partial charge in [0.15, 0.2) is 0 Å². The second kappa shape index (κ2) is 9.50. The minimum Gasteiger partial charge on any atom is -0.353 e. The lowest BCUT2D eigenvalue weighted by atomic mass is 10.0. The molecule has 0 bridgehead atoms. The highest BCUT2D eigenvalue weighted by molar-refractivity contribution is 7.92. The maximum atomic E-state index is 13.3. The van der Waals surface area contributed by atoms with Gasteiger partial charge in [-0.1, -0.05) is 6.92 Å². The van der Waals surface area contributed by atoms with Crippen LogP contribution in [0.1, 0.15) is 31.2 Å². The van der Waals surface area contributed by atoms with Crippen LogP contribution in [0, 0.1) is 12.7 Å². The fourth-order valence-electron chi connectivity index (χ4n) is 4.54. The number of sulfonamides is 1. The third kappa shape index (κ3) is 4.99. The molecule has 2 aliphatic rings. The van der Waals surface area contributed by atoms with Crippen LogP contribution in [-0.4, -0.2) is 60.5 Å². The molecule has 1 saturated carbocycles. The van der Waals surface area contributed by atoms with E-state index in [2.05, 4.69) is 29.5 Å². The maximum Gasteiger partial charge on any atom is 0.261 e. The van der Waals surface area contributed by atoms with Crippen LogP contribution >= 0.6 is 0 Å². The number of pyridine rings is 1. The number of aryl methyl sites for hydroxylation is 2. The number of rotatable bonds is 7. The zero-order valence-electron chi connectivity index (χ0n) is 19.9. The zero-order chi connectivity index (χ0) is 24.6. The van der Waals surface area contributed by atoms with Gasteiger partial charge in [-0.3, -0.25) is 14.6 Å². The molecule has 35 heavy (non-hydrogen) atoms. The van der Waals surface area contributed by atoms with E-state index in [0.717, 1.165) is 67.0 Å². The number of halogens is 1. The number of anilines is 2. The van der Waals surface area contributed by atoms with Crippen LogP contribution in [0.2, 0.25) is 0 Å². The van der Waals surface area contributed by atoms with Crippen LogP contribution in [-0.2, 0) is 16.4 Å². The Morgan fingerprint density at radius 1 is 1.06 bits per heavy atom. The van der Waals surface area contributed by atoms with Crippen LogP contribution in [0.5, 0.6) is 0 Å². The van der Waals surface area contributed by atoms with Gasteiger partial charge in [-0.25, -0.2) is 22.8 Å². The van der Waals surface area contributed by atoms with Gasteiger partial charge in [-0.15, -0.1) is 0 Å². The molecular weight excluding hydrogens is 467 g/mol. The summed E-state index contributed by atoms with van der Waals surface area (Å²) in [7, 11) is -3.91. The molecule has 1 aliphatic heterocycles. The summed E-state index contributed by atoms with van der Waals surface area (Å²) in [5.74, 6) is 0.357. The summed E-state index contributed by atoms with van der Waals surface area (Å²) in [5.41, 5.74) is 3.42. The summed E-state index contributed by atoms with van der Waals surface area (Å²) in [6, 6.07) is 7.26. The Balaban J connectivity index is 1.48. The first-order valence-corrected chi connectivity index (χ1v) is 13.4. The summed E-state index contributed by atoms with van der Waals surface area (Å²) < 4.78 is 41.8. The molecule has 0 spiro atoms. The quantitative estimate of drug-likeness (QED) is 0.534. The molecule has 3 heterocycles. The number of benzene rings is 1. The largest absolute Gasteiger partial charge is 0.353 e. The van der Waals surface area contributed by atoms with Crippen LogP contribution in [0.3, 0.4) is 0 Å². The van der Waals surface area contributed by atoms with Crippen LogP contribution in [0.15, 0.2) is 47.8 Å². The highest BCUT2D eigenvalue weighted by Gasteiger charge is 2.32. The Morgan fingerprint density at radius 2 is 1.77 bits per heavy atom. The van der Waals surface area contributed by atoms with Crippen molar-refractivity contribution in [1.82, 2.24) is 19.9 Å². The third-order valence-corrected chi connectivity index (χ3v) is 8.04. The van der Waals surface area contributed by atoms with Gasteiger partial charge in [-0.05, 0) is 56.5 Å². The molecule has 0 amide bonds. The Morgan fingerprint density at radius 3 is 2.43 bits per heavy atom. The van der Waals surface area contributed by atoms with Crippen LogP contribution in [0.25, 0.3) is 11.1 Å². The van der Waals surface area contributed by atoms with Crippen molar-refractivity contribution in [1.29, 1.82) is 0 Å². The molecule has 0 atom stereocenters. The average Bonchev–Trinajstić information content (AvgIpc) is 3.71. The standard InChI is InChI=1S/C25H29FN6O2S/c1-3-22-24(25(29-16-28-22)32-12-10-31(11-13-32)20-6-7-20)18-14-23(17(2)27-15-18)30-35(33,34)21-8-4-19(26)5-9-21/h4-5,8-9,14-16,20,30H,3,6-7,10-13H2,1-2H3. The van der Waals surface area contributed by atoms with Crippen LogP contribution < -0.4 is 9.62 Å².